The molecular weight excluding hydrogens is 226 g/mol. The van der Waals surface area contributed by atoms with Gasteiger partial charge in [0.1, 0.15) is 6.07 Å². The number of nitrogens with zero attached hydrogens (tertiary/aromatic N) is 2. The molecule has 1 aromatic rings. The van der Waals surface area contributed by atoms with Crippen LogP contribution in [0.5, 0.6) is 0 Å². The first kappa shape index (κ1) is 12.9. The van der Waals surface area contributed by atoms with Crippen LogP contribution in [0.25, 0.3) is 0 Å². The minimum atomic E-state index is 0.473. The minimum Gasteiger partial charge on any atom is -0.384 e. The quantitative estimate of drug-likeness (QED) is 0.873. The van der Waals surface area contributed by atoms with Crippen molar-refractivity contribution in [2.45, 2.75) is 13.0 Å². The number of hydrogen-bond acceptors (Lipinski definition) is 4. The number of benzene rings is 1. The van der Waals surface area contributed by atoms with Crippen molar-refractivity contribution in [3.8, 4) is 6.07 Å². The molecule has 2 rings (SSSR count). The Hall–Kier alpha value is -1.57. The molecule has 1 aliphatic rings. The van der Waals surface area contributed by atoms with Gasteiger partial charge in [-0.05, 0) is 24.1 Å². The van der Waals surface area contributed by atoms with E-state index in [1.165, 1.54) is 0 Å². The van der Waals surface area contributed by atoms with E-state index in [1.807, 2.05) is 18.2 Å². The van der Waals surface area contributed by atoms with Gasteiger partial charge < -0.3 is 15.4 Å². The molecule has 4 nitrogen and oxygen atoms in total. The van der Waals surface area contributed by atoms with Crippen LogP contribution >= 0.6 is 0 Å². The number of nitrogens with two attached hydrogens (primary N) is 1. The maximum atomic E-state index is 9.23. The van der Waals surface area contributed by atoms with Crippen molar-refractivity contribution in [1.82, 2.24) is 0 Å². The van der Waals surface area contributed by atoms with Gasteiger partial charge in [-0.2, -0.15) is 5.26 Å². The smallest absolute Gasteiger partial charge is 0.101 e. The fraction of sp³-hybridized carbons (Fsp3) is 0.500. The van der Waals surface area contributed by atoms with Gasteiger partial charge in [0.2, 0.25) is 0 Å². The normalized spacial score (nSPS) is 18.9. The lowest BCUT2D eigenvalue weighted by Gasteiger charge is -2.20. The van der Waals surface area contributed by atoms with Crippen LogP contribution in [0.1, 0.15) is 17.5 Å². The zero-order valence-electron chi connectivity index (χ0n) is 10.7. The zero-order valence-corrected chi connectivity index (χ0v) is 10.7. The van der Waals surface area contributed by atoms with Crippen molar-refractivity contribution >= 4 is 5.69 Å². The Labute approximate surface area is 108 Å². The van der Waals surface area contributed by atoms with Crippen molar-refractivity contribution in [3.63, 3.8) is 0 Å². The fourth-order valence-corrected chi connectivity index (χ4v) is 2.50. The van der Waals surface area contributed by atoms with Crippen LogP contribution in [0, 0.1) is 17.2 Å². The van der Waals surface area contributed by atoms with E-state index in [0.717, 1.165) is 42.9 Å². The molecule has 18 heavy (non-hydrogen) atoms. The Bertz CT molecular complexity index is 453. The summed E-state index contributed by atoms with van der Waals surface area (Å²) in [5, 5.41) is 9.23. The van der Waals surface area contributed by atoms with Crippen LogP contribution < -0.4 is 10.6 Å². The number of anilines is 1. The first-order valence-electron chi connectivity index (χ1n) is 6.25. The highest BCUT2D eigenvalue weighted by Gasteiger charge is 2.24. The third kappa shape index (κ3) is 2.63. The number of methoxy groups -OCH3 is 1. The van der Waals surface area contributed by atoms with Gasteiger partial charge in [-0.3, -0.25) is 0 Å². The zero-order chi connectivity index (χ0) is 13.0. The van der Waals surface area contributed by atoms with Gasteiger partial charge >= 0.3 is 0 Å². The molecule has 0 saturated carbocycles. The summed E-state index contributed by atoms with van der Waals surface area (Å²) in [6, 6.07) is 8.16. The van der Waals surface area contributed by atoms with E-state index in [2.05, 4.69) is 11.0 Å². The Kier molecular flexibility index (Phi) is 4.19. The van der Waals surface area contributed by atoms with Gasteiger partial charge in [0.25, 0.3) is 0 Å². The highest BCUT2D eigenvalue weighted by molar-refractivity contribution is 5.61. The molecule has 0 aromatic heterocycles. The summed E-state index contributed by atoms with van der Waals surface area (Å²) >= 11 is 0. The van der Waals surface area contributed by atoms with Crippen molar-refractivity contribution in [1.29, 1.82) is 5.26 Å². The molecule has 1 saturated heterocycles. The molecule has 96 valence electrons. The van der Waals surface area contributed by atoms with E-state index >= 15 is 0 Å². The third-order valence-electron chi connectivity index (χ3n) is 3.45. The summed E-state index contributed by atoms with van der Waals surface area (Å²) in [4.78, 5) is 2.27. The van der Waals surface area contributed by atoms with Gasteiger partial charge in [0, 0.05) is 32.7 Å². The average Bonchev–Trinajstić information content (AvgIpc) is 2.87. The molecule has 2 N–H and O–H groups in total. The average molecular weight is 245 g/mol. The monoisotopic (exact) mass is 245 g/mol. The molecule has 0 spiro atoms. The molecule has 0 aliphatic carbocycles. The topological polar surface area (TPSA) is 62.3 Å². The molecular formula is C14H19N3O. The molecule has 0 bridgehead atoms. The van der Waals surface area contributed by atoms with Crippen LogP contribution in [-0.4, -0.2) is 26.8 Å². The standard InChI is InChI=1S/C14H19N3O/c1-18-10-12-4-5-17(9-12)14-3-2-11(7-15)6-13(14)8-16/h2-3,6,12H,4-5,7,9-10,15H2,1H3. The lowest BCUT2D eigenvalue weighted by Crippen LogP contribution is -2.22. The summed E-state index contributed by atoms with van der Waals surface area (Å²) in [7, 11) is 1.74. The minimum absolute atomic E-state index is 0.473. The van der Waals surface area contributed by atoms with Crippen molar-refractivity contribution in [2.75, 3.05) is 31.7 Å². The predicted octanol–water partition coefficient (Wildman–Crippen LogP) is 1.49. The molecule has 4 heteroatoms. The lowest BCUT2D eigenvalue weighted by molar-refractivity contribution is 0.161. The first-order valence-corrected chi connectivity index (χ1v) is 6.25. The number of rotatable bonds is 4. The summed E-state index contributed by atoms with van der Waals surface area (Å²) in [5.41, 5.74) is 8.34. The first-order chi connectivity index (χ1) is 8.78. The summed E-state index contributed by atoms with van der Waals surface area (Å²) in [6.07, 6.45) is 1.12. The van der Waals surface area contributed by atoms with E-state index < -0.39 is 0 Å². The van der Waals surface area contributed by atoms with Crippen LogP contribution in [0.3, 0.4) is 0 Å². The fourth-order valence-electron chi connectivity index (χ4n) is 2.50. The van der Waals surface area contributed by atoms with Gasteiger partial charge in [-0.15, -0.1) is 0 Å². The van der Waals surface area contributed by atoms with Gasteiger partial charge in [-0.1, -0.05) is 6.07 Å². The SMILES string of the molecule is COCC1CCN(c2ccc(CN)cc2C#N)C1. The molecule has 1 heterocycles. The van der Waals surface area contributed by atoms with E-state index in [0.29, 0.717) is 12.5 Å². The summed E-state index contributed by atoms with van der Waals surface area (Å²) in [5.74, 6) is 0.565. The number of nitriles is 1. The Morgan fingerprint density at radius 3 is 3.06 bits per heavy atom. The largest absolute Gasteiger partial charge is 0.384 e. The van der Waals surface area contributed by atoms with E-state index in [1.54, 1.807) is 7.11 Å². The van der Waals surface area contributed by atoms with Gasteiger partial charge in [-0.25, -0.2) is 0 Å². The second kappa shape index (κ2) is 5.85. The van der Waals surface area contributed by atoms with Crippen molar-refractivity contribution < 1.29 is 4.74 Å². The molecule has 1 fully saturated rings. The highest BCUT2D eigenvalue weighted by Crippen LogP contribution is 2.27. The van der Waals surface area contributed by atoms with Crippen LogP contribution in [0.4, 0.5) is 5.69 Å². The molecule has 1 aliphatic heterocycles. The maximum Gasteiger partial charge on any atom is 0.101 e. The number of hydrogen-bond donors (Lipinski definition) is 1. The van der Waals surface area contributed by atoms with Crippen molar-refractivity contribution in [2.24, 2.45) is 11.7 Å². The molecule has 1 atom stereocenters. The molecule has 1 unspecified atom stereocenters. The third-order valence-corrected chi connectivity index (χ3v) is 3.45. The molecule has 1 aromatic carbocycles. The van der Waals surface area contributed by atoms with Gasteiger partial charge in [0.05, 0.1) is 17.9 Å². The van der Waals surface area contributed by atoms with Crippen LogP contribution in [0.15, 0.2) is 18.2 Å². The van der Waals surface area contributed by atoms with E-state index in [9.17, 15) is 5.26 Å². The second-order valence-electron chi connectivity index (χ2n) is 4.72. The Morgan fingerprint density at radius 2 is 2.39 bits per heavy atom. The highest BCUT2D eigenvalue weighted by atomic mass is 16.5. The molecule has 0 radical (unpaired) electrons. The van der Waals surface area contributed by atoms with E-state index in [-0.39, 0.29) is 0 Å². The van der Waals surface area contributed by atoms with Crippen molar-refractivity contribution in [3.05, 3.63) is 29.3 Å². The second-order valence-corrected chi connectivity index (χ2v) is 4.72. The Morgan fingerprint density at radius 1 is 1.56 bits per heavy atom. The van der Waals surface area contributed by atoms with Crippen LogP contribution in [0.2, 0.25) is 0 Å². The molecule has 0 amide bonds. The van der Waals surface area contributed by atoms with E-state index in [4.69, 9.17) is 10.5 Å². The van der Waals surface area contributed by atoms with Gasteiger partial charge in [0.15, 0.2) is 0 Å². The Balaban J connectivity index is 2.17. The summed E-state index contributed by atoms with van der Waals surface area (Å²) in [6.45, 7) is 3.22. The van der Waals surface area contributed by atoms with Crippen LogP contribution in [-0.2, 0) is 11.3 Å². The lowest BCUT2D eigenvalue weighted by atomic mass is 10.1. The number of ether oxygens (including phenoxy) is 1. The predicted molar refractivity (Wildman–Crippen MR) is 71.2 cm³/mol. The maximum absolute atomic E-state index is 9.23. The summed E-state index contributed by atoms with van der Waals surface area (Å²) < 4.78 is 5.19.